The number of halogens is 3. The summed E-state index contributed by atoms with van der Waals surface area (Å²) in [5.74, 6) is -1.50. The summed E-state index contributed by atoms with van der Waals surface area (Å²) in [6.45, 7) is 6.54. The van der Waals surface area contributed by atoms with Crippen molar-refractivity contribution < 1.29 is 18.0 Å². The number of likely N-dealkylation sites (N-methyl/N-ethyl adjacent to an activating group) is 1. The van der Waals surface area contributed by atoms with Gasteiger partial charge in [0.1, 0.15) is 5.82 Å². The molecule has 1 aromatic heterocycles. The average Bonchev–Trinajstić information content (AvgIpc) is 2.82. The normalized spacial score (nSPS) is 21.3. The third-order valence-corrected chi connectivity index (χ3v) is 7.02. The predicted octanol–water partition coefficient (Wildman–Crippen LogP) is 2.92. The Labute approximate surface area is 202 Å². The van der Waals surface area contributed by atoms with Crippen LogP contribution >= 0.6 is 0 Å². The number of amides is 1. The van der Waals surface area contributed by atoms with Gasteiger partial charge in [-0.3, -0.25) is 19.1 Å². The van der Waals surface area contributed by atoms with Gasteiger partial charge < -0.3 is 16.0 Å². The second-order valence-electron chi connectivity index (χ2n) is 9.29. The van der Waals surface area contributed by atoms with Crippen molar-refractivity contribution >= 4 is 17.2 Å². The number of primary amides is 1. The third kappa shape index (κ3) is 4.85. The number of alkyl halides is 2. The van der Waals surface area contributed by atoms with Gasteiger partial charge in [-0.05, 0) is 51.6 Å². The molecule has 2 atom stereocenters. The fourth-order valence-electron chi connectivity index (χ4n) is 4.83. The van der Waals surface area contributed by atoms with Crippen LogP contribution in [0, 0.1) is 5.82 Å². The maximum atomic E-state index is 15.5. The second kappa shape index (κ2) is 9.87. The minimum absolute atomic E-state index is 0.153. The highest BCUT2D eigenvalue weighted by molar-refractivity contribution is 5.94. The molecule has 0 radical (unpaired) electrons. The number of aromatic nitrogens is 1. The maximum absolute atomic E-state index is 15.5. The highest BCUT2D eigenvalue weighted by atomic mass is 19.3. The van der Waals surface area contributed by atoms with E-state index < -0.39 is 34.8 Å². The number of hydrogen-bond acceptors (Lipinski definition) is 5. The molecule has 2 aliphatic heterocycles. The van der Waals surface area contributed by atoms with Crippen LogP contribution in [-0.2, 0) is 0 Å². The molecule has 10 heteroatoms. The first-order chi connectivity index (χ1) is 16.6. The average molecular weight is 490 g/mol. The van der Waals surface area contributed by atoms with Gasteiger partial charge in [-0.1, -0.05) is 6.08 Å². The maximum Gasteiger partial charge on any atom is 0.264 e. The van der Waals surface area contributed by atoms with E-state index in [1.807, 2.05) is 18.0 Å². The Morgan fingerprint density at radius 2 is 1.83 bits per heavy atom. The molecule has 0 aliphatic carbocycles. The van der Waals surface area contributed by atoms with Crippen molar-refractivity contribution in [1.82, 2.24) is 14.8 Å². The Morgan fingerprint density at radius 3 is 2.40 bits per heavy atom. The molecule has 3 heterocycles. The Hall–Kier alpha value is -3.11. The van der Waals surface area contributed by atoms with Crippen LogP contribution in [-0.4, -0.2) is 60.7 Å². The molecule has 1 amide bonds. The van der Waals surface area contributed by atoms with Crippen LogP contribution in [0.2, 0.25) is 0 Å². The van der Waals surface area contributed by atoms with Crippen LogP contribution in [0.5, 0.6) is 0 Å². The first-order valence-corrected chi connectivity index (χ1v) is 11.6. The smallest absolute Gasteiger partial charge is 0.264 e. The number of carbonyl (C=O) groups is 1. The molecule has 188 valence electrons. The highest BCUT2D eigenvalue weighted by Gasteiger charge is 2.30. The van der Waals surface area contributed by atoms with Crippen LogP contribution in [0.3, 0.4) is 0 Å². The number of nitrogens with two attached hydrogens (primary N) is 1. The SMILES string of the molecule is C[C@@H]1CN(c2cc(F)c(C3=CCNCC3)cc2-n2cc(C(N)=O)c(C(F)F)cc2=O)C[C@H](C)N1C. The first kappa shape index (κ1) is 25.0. The van der Waals surface area contributed by atoms with Gasteiger partial charge in [-0.15, -0.1) is 0 Å². The van der Waals surface area contributed by atoms with Crippen molar-refractivity contribution in [3.05, 3.63) is 63.3 Å². The van der Waals surface area contributed by atoms with Crippen molar-refractivity contribution in [3.63, 3.8) is 0 Å². The minimum atomic E-state index is -3.04. The predicted molar refractivity (Wildman–Crippen MR) is 130 cm³/mol. The number of pyridine rings is 1. The molecule has 3 N–H and O–H groups in total. The summed E-state index contributed by atoms with van der Waals surface area (Å²) in [6.07, 6.45) is 0.501. The topological polar surface area (TPSA) is 83.6 Å². The standard InChI is InChI=1S/C25H30F3N5O2/c1-14-11-32(12-15(2)31(14)3)21-10-20(26)17(16-4-6-30-7-5-16)8-22(21)33-13-19(25(29)35)18(24(27)28)9-23(33)34/h4,8-10,13-15,24,30H,5-7,11-12H2,1-3H3,(H2,29,35)/t14-,15+. The van der Waals surface area contributed by atoms with Crippen molar-refractivity contribution in [2.75, 3.05) is 38.1 Å². The van der Waals surface area contributed by atoms with Gasteiger partial charge in [0.15, 0.2) is 0 Å². The van der Waals surface area contributed by atoms with E-state index in [9.17, 15) is 18.4 Å². The summed E-state index contributed by atoms with van der Waals surface area (Å²) < 4.78 is 43.6. The Kier molecular flexibility index (Phi) is 7.05. The number of rotatable bonds is 5. The summed E-state index contributed by atoms with van der Waals surface area (Å²) in [7, 11) is 2.02. The Balaban J connectivity index is 1.95. The lowest BCUT2D eigenvalue weighted by Crippen LogP contribution is -2.55. The van der Waals surface area contributed by atoms with Crippen LogP contribution < -0.4 is 21.5 Å². The number of anilines is 1. The molecule has 2 aromatic rings. The van der Waals surface area contributed by atoms with Crippen molar-refractivity contribution in [1.29, 1.82) is 0 Å². The number of hydrogen-bond donors (Lipinski definition) is 2. The molecule has 2 aliphatic rings. The fourth-order valence-corrected chi connectivity index (χ4v) is 4.83. The molecule has 4 rings (SSSR count). The van der Waals surface area contributed by atoms with Gasteiger partial charge in [-0.25, -0.2) is 13.2 Å². The third-order valence-electron chi connectivity index (χ3n) is 7.02. The zero-order chi connectivity index (χ0) is 25.4. The van der Waals surface area contributed by atoms with E-state index in [2.05, 4.69) is 24.1 Å². The van der Waals surface area contributed by atoms with Crippen molar-refractivity contribution in [3.8, 4) is 5.69 Å². The number of carbonyl (C=O) groups excluding carboxylic acids is 1. The molecule has 0 spiro atoms. The summed E-state index contributed by atoms with van der Waals surface area (Å²) in [5.41, 5.74) is 5.36. The van der Waals surface area contributed by atoms with E-state index in [0.717, 1.165) is 22.4 Å². The summed E-state index contributed by atoms with van der Waals surface area (Å²) in [4.78, 5) is 29.2. The van der Waals surface area contributed by atoms with E-state index in [1.165, 1.54) is 6.07 Å². The van der Waals surface area contributed by atoms with E-state index in [1.54, 1.807) is 6.07 Å². The fraction of sp³-hybridized carbons (Fsp3) is 0.440. The van der Waals surface area contributed by atoms with Crippen LogP contribution in [0.15, 0.2) is 35.3 Å². The molecular formula is C25H30F3N5O2. The number of benzene rings is 1. The molecule has 0 unspecified atom stereocenters. The molecule has 0 saturated carbocycles. The van der Waals surface area contributed by atoms with Crippen LogP contribution in [0.4, 0.5) is 18.9 Å². The molecule has 1 saturated heterocycles. The van der Waals surface area contributed by atoms with Gasteiger partial charge in [0.25, 0.3) is 17.9 Å². The first-order valence-electron chi connectivity index (χ1n) is 11.6. The Bertz CT molecular complexity index is 1210. The van der Waals surface area contributed by atoms with E-state index in [0.29, 0.717) is 49.5 Å². The van der Waals surface area contributed by atoms with E-state index in [4.69, 9.17) is 5.73 Å². The lowest BCUT2D eigenvalue weighted by atomic mass is 9.97. The zero-order valence-corrected chi connectivity index (χ0v) is 20.0. The molecule has 1 aromatic carbocycles. The number of nitrogens with one attached hydrogen (secondary N) is 1. The van der Waals surface area contributed by atoms with E-state index in [-0.39, 0.29) is 12.1 Å². The highest BCUT2D eigenvalue weighted by Crippen LogP contribution is 2.34. The lowest BCUT2D eigenvalue weighted by Gasteiger charge is -2.44. The van der Waals surface area contributed by atoms with Crippen molar-refractivity contribution in [2.45, 2.75) is 38.8 Å². The van der Waals surface area contributed by atoms with Gasteiger partial charge in [-0.2, -0.15) is 0 Å². The number of piperazine rings is 1. The molecular weight excluding hydrogens is 459 g/mol. The largest absolute Gasteiger partial charge is 0.367 e. The van der Waals surface area contributed by atoms with E-state index >= 15 is 4.39 Å². The van der Waals surface area contributed by atoms with Gasteiger partial charge in [0.2, 0.25) is 0 Å². The second-order valence-corrected chi connectivity index (χ2v) is 9.29. The summed E-state index contributed by atoms with van der Waals surface area (Å²) in [6, 6.07) is 4.01. The van der Waals surface area contributed by atoms with Gasteiger partial charge >= 0.3 is 0 Å². The van der Waals surface area contributed by atoms with Crippen molar-refractivity contribution in [2.24, 2.45) is 5.73 Å². The van der Waals surface area contributed by atoms with Gasteiger partial charge in [0.05, 0.1) is 16.9 Å². The van der Waals surface area contributed by atoms with Crippen LogP contribution in [0.1, 0.15) is 48.2 Å². The monoisotopic (exact) mass is 489 g/mol. The molecule has 1 fully saturated rings. The quantitative estimate of drug-likeness (QED) is 0.675. The summed E-state index contributed by atoms with van der Waals surface area (Å²) >= 11 is 0. The minimum Gasteiger partial charge on any atom is -0.367 e. The molecule has 35 heavy (non-hydrogen) atoms. The zero-order valence-electron chi connectivity index (χ0n) is 20.0. The summed E-state index contributed by atoms with van der Waals surface area (Å²) in [5, 5.41) is 3.18. The molecule has 0 bridgehead atoms. The number of nitrogens with zero attached hydrogens (tertiary/aromatic N) is 3. The van der Waals surface area contributed by atoms with Crippen LogP contribution in [0.25, 0.3) is 11.3 Å². The lowest BCUT2D eigenvalue weighted by molar-refractivity contribution is 0.0985. The molecule has 7 nitrogen and oxygen atoms in total. The Morgan fingerprint density at radius 1 is 1.14 bits per heavy atom. The van der Waals surface area contributed by atoms with Gasteiger partial charge in [0, 0.05) is 55.1 Å².